The maximum absolute atomic E-state index is 12.8. The number of hydrogen-bond acceptors (Lipinski definition) is 8. The van der Waals surface area contributed by atoms with Gasteiger partial charge in [-0.25, -0.2) is 9.97 Å². The van der Waals surface area contributed by atoms with Crippen molar-refractivity contribution >= 4 is 45.8 Å². The Kier molecular flexibility index (Phi) is 3.42. The second-order valence-electron chi connectivity index (χ2n) is 6.80. The molecule has 8 heteroatoms. The topological polar surface area (TPSA) is 94.1 Å². The first-order valence-electron chi connectivity index (χ1n) is 8.93. The van der Waals surface area contributed by atoms with Crippen molar-refractivity contribution in [3.63, 3.8) is 0 Å². The molecule has 0 saturated carbocycles. The summed E-state index contributed by atoms with van der Waals surface area (Å²) in [5.74, 6) is -1.15. The lowest BCUT2D eigenvalue weighted by molar-refractivity contribution is 0.0979. The van der Waals surface area contributed by atoms with Crippen LogP contribution in [0.2, 0.25) is 0 Å². The van der Waals surface area contributed by atoms with Crippen molar-refractivity contribution in [3.05, 3.63) is 91.9 Å². The maximum Gasteiger partial charge on any atom is 0.213 e. The number of fused-ring (bicyclic) bond motifs is 4. The molecule has 2 aliphatic carbocycles. The van der Waals surface area contributed by atoms with Crippen LogP contribution < -0.4 is 0 Å². The summed E-state index contributed by atoms with van der Waals surface area (Å²) < 4.78 is 0. The van der Waals surface area contributed by atoms with Gasteiger partial charge < -0.3 is 0 Å². The molecule has 0 N–H and O–H groups in total. The van der Waals surface area contributed by atoms with Crippen molar-refractivity contribution in [1.82, 2.24) is 9.97 Å². The summed E-state index contributed by atoms with van der Waals surface area (Å²) in [7, 11) is 0. The lowest BCUT2D eigenvalue weighted by Gasteiger charge is -2.11. The van der Waals surface area contributed by atoms with Gasteiger partial charge in [0.15, 0.2) is 10.0 Å². The van der Waals surface area contributed by atoms with E-state index in [1.165, 1.54) is 0 Å². The number of benzene rings is 2. The molecule has 0 fully saturated rings. The standard InChI is InChI=1S/C22H8N2O4S2/c25-15-9-5-1-3-7-11(9)17(27)19-13(15)23-21(29-19)22-24-14-16(26)10-6-2-4-8-12(10)18(28)20(14)30-22/h1-8H. The van der Waals surface area contributed by atoms with Crippen LogP contribution in [0.25, 0.3) is 10.0 Å². The number of aromatic nitrogens is 2. The van der Waals surface area contributed by atoms with Gasteiger partial charge in [0.1, 0.15) is 21.1 Å². The number of carbonyl (C=O) groups is 4. The zero-order valence-corrected chi connectivity index (χ0v) is 16.6. The van der Waals surface area contributed by atoms with Gasteiger partial charge in [0.2, 0.25) is 23.1 Å². The van der Waals surface area contributed by atoms with Gasteiger partial charge in [-0.3, -0.25) is 19.2 Å². The van der Waals surface area contributed by atoms with Gasteiger partial charge in [-0.15, -0.1) is 22.7 Å². The molecule has 0 saturated heterocycles. The van der Waals surface area contributed by atoms with Crippen LogP contribution in [0.5, 0.6) is 0 Å². The number of carbonyl (C=O) groups excluding carboxylic acids is 4. The van der Waals surface area contributed by atoms with Crippen molar-refractivity contribution in [2.45, 2.75) is 0 Å². The zero-order valence-electron chi connectivity index (χ0n) is 15.0. The lowest BCUT2D eigenvalue weighted by Crippen LogP contribution is -2.19. The summed E-state index contributed by atoms with van der Waals surface area (Å²) in [6.45, 7) is 0. The summed E-state index contributed by atoms with van der Waals surface area (Å²) in [5, 5.41) is 0.692. The first-order valence-corrected chi connectivity index (χ1v) is 10.6. The van der Waals surface area contributed by atoms with Crippen LogP contribution in [0.1, 0.15) is 62.6 Å². The molecule has 2 aliphatic rings. The van der Waals surface area contributed by atoms with Crippen LogP contribution in [0, 0.1) is 0 Å². The Morgan fingerprint density at radius 2 is 0.833 bits per heavy atom. The maximum atomic E-state index is 12.8. The summed E-state index contributed by atoms with van der Waals surface area (Å²) >= 11 is 2.11. The molecule has 0 bridgehead atoms. The Balaban J connectivity index is 1.49. The number of ketones is 4. The first kappa shape index (κ1) is 17.3. The molecule has 6 rings (SSSR count). The van der Waals surface area contributed by atoms with E-state index < -0.39 is 0 Å². The van der Waals surface area contributed by atoms with Crippen LogP contribution in [0.4, 0.5) is 0 Å². The van der Waals surface area contributed by atoms with Gasteiger partial charge >= 0.3 is 0 Å². The van der Waals surface area contributed by atoms with Gasteiger partial charge in [0.05, 0.1) is 0 Å². The molecule has 2 aromatic carbocycles. The first-order chi connectivity index (χ1) is 14.5. The van der Waals surface area contributed by atoms with Crippen molar-refractivity contribution < 1.29 is 19.2 Å². The van der Waals surface area contributed by atoms with E-state index in [0.29, 0.717) is 32.3 Å². The minimum atomic E-state index is -0.316. The van der Waals surface area contributed by atoms with Crippen LogP contribution >= 0.6 is 22.7 Å². The second-order valence-corrected chi connectivity index (χ2v) is 8.80. The highest BCUT2D eigenvalue weighted by molar-refractivity contribution is 7.23. The Labute approximate surface area is 176 Å². The molecule has 142 valence electrons. The Morgan fingerprint density at radius 1 is 0.500 bits per heavy atom. The highest BCUT2D eigenvalue weighted by Crippen LogP contribution is 2.39. The summed E-state index contributed by atoms with van der Waals surface area (Å²) in [4.78, 5) is 60.5. The fraction of sp³-hybridized carbons (Fsp3) is 0. The van der Waals surface area contributed by atoms with Gasteiger partial charge in [-0.2, -0.15) is 0 Å². The number of thiazole rings is 2. The summed E-state index contributed by atoms with van der Waals surface area (Å²) in [6, 6.07) is 13.3. The second kappa shape index (κ2) is 5.94. The average molecular weight is 428 g/mol. The predicted molar refractivity (Wildman–Crippen MR) is 110 cm³/mol. The third kappa shape index (κ3) is 2.17. The van der Waals surface area contributed by atoms with E-state index in [0.717, 1.165) is 22.7 Å². The molecule has 2 heterocycles. The Hall–Kier alpha value is -3.62. The minimum Gasteiger partial charge on any atom is -0.288 e. The summed E-state index contributed by atoms with van der Waals surface area (Å²) in [6.07, 6.45) is 0. The smallest absolute Gasteiger partial charge is 0.213 e. The molecule has 0 radical (unpaired) electrons. The molecule has 2 aromatic heterocycles. The molecule has 0 spiro atoms. The van der Waals surface area contributed by atoms with E-state index in [9.17, 15) is 19.2 Å². The molecular formula is C22H8N2O4S2. The quantitative estimate of drug-likeness (QED) is 0.395. The van der Waals surface area contributed by atoms with Crippen molar-refractivity contribution in [2.24, 2.45) is 0 Å². The number of rotatable bonds is 1. The third-order valence-electron chi connectivity index (χ3n) is 5.11. The largest absolute Gasteiger partial charge is 0.288 e. The normalized spacial score (nSPS) is 14.3. The van der Waals surface area contributed by atoms with Crippen LogP contribution in [0.3, 0.4) is 0 Å². The van der Waals surface area contributed by atoms with Crippen LogP contribution in [-0.2, 0) is 0 Å². The molecule has 0 unspecified atom stereocenters. The minimum absolute atomic E-state index is 0.0906. The van der Waals surface area contributed by atoms with Gasteiger partial charge in [0.25, 0.3) is 0 Å². The SMILES string of the molecule is O=C1c2ccccc2C(=O)c2sc(-c3nc4c(s3)C(=O)c3ccccc3C4=O)nc21. The van der Waals surface area contributed by atoms with E-state index >= 15 is 0 Å². The molecule has 0 atom stereocenters. The fourth-order valence-electron chi connectivity index (χ4n) is 3.70. The average Bonchev–Trinajstić information content (AvgIpc) is 3.41. The van der Waals surface area contributed by atoms with Crippen molar-refractivity contribution in [2.75, 3.05) is 0 Å². The highest BCUT2D eigenvalue weighted by Gasteiger charge is 2.36. The van der Waals surface area contributed by atoms with Crippen molar-refractivity contribution in [3.8, 4) is 10.0 Å². The van der Waals surface area contributed by atoms with Crippen LogP contribution in [-0.4, -0.2) is 33.1 Å². The van der Waals surface area contributed by atoms with Gasteiger partial charge in [0, 0.05) is 22.3 Å². The Bertz CT molecular complexity index is 1260. The van der Waals surface area contributed by atoms with E-state index in [4.69, 9.17) is 0 Å². The van der Waals surface area contributed by atoms with E-state index in [1.807, 2.05) is 0 Å². The highest BCUT2D eigenvalue weighted by atomic mass is 32.1. The summed E-state index contributed by atoms with van der Waals surface area (Å²) in [5.41, 5.74) is 1.53. The fourth-order valence-corrected chi connectivity index (χ4v) is 5.75. The lowest BCUT2D eigenvalue weighted by atomic mass is 9.91. The molecule has 6 nitrogen and oxygen atoms in total. The predicted octanol–water partition coefficient (Wildman–Crippen LogP) is 3.82. The monoisotopic (exact) mass is 428 g/mol. The van der Waals surface area contributed by atoms with Gasteiger partial charge in [-0.05, 0) is 0 Å². The number of hydrogen-bond donors (Lipinski definition) is 0. The molecule has 30 heavy (non-hydrogen) atoms. The third-order valence-corrected chi connectivity index (χ3v) is 7.36. The zero-order chi connectivity index (χ0) is 20.6. The van der Waals surface area contributed by atoms with Crippen molar-refractivity contribution in [1.29, 1.82) is 0 Å². The number of nitrogens with zero attached hydrogens (tertiary/aromatic N) is 2. The van der Waals surface area contributed by atoms with Gasteiger partial charge in [-0.1, -0.05) is 48.5 Å². The Morgan fingerprint density at radius 3 is 1.20 bits per heavy atom. The molecular weight excluding hydrogens is 420 g/mol. The van der Waals surface area contributed by atoms with E-state index in [1.54, 1.807) is 48.5 Å². The molecule has 0 aliphatic heterocycles. The molecule has 0 amide bonds. The van der Waals surface area contributed by atoms with E-state index in [2.05, 4.69) is 9.97 Å². The van der Waals surface area contributed by atoms with E-state index in [-0.39, 0.29) is 44.3 Å². The van der Waals surface area contributed by atoms with Crippen LogP contribution in [0.15, 0.2) is 48.5 Å². The molecule has 4 aromatic rings.